The highest BCUT2D eigenvalue weighted by Crippen LogP contribution is 2.30. The molecule has 0 bridgehead atoms. The summed E-state index contributed by atoms with van der Waals surface area (Å²) in [6.45, 7) is 0.484. The number of nitriles is 1. The van der Waals surface area contributed by atoms with E-state index in [0.717, 1.165) is 5.56 Å². The summed E-state index contributed by atoms with van der Waals surface area (Å²) in [5, 5.41) is 18.8. The Balaban J connectivity index is 1.78. The van der Waals surface area contributed by atoms with Crippen molar-refractivity contribution in [1.29, 1.82) is 5.26 Å². The van der Waals surface area contributed by atoms with Crippen LogP contribution < -0.4 is 0 Å². The quantitative estimate of drug-likeness (QED) is 0.502. The molecule has 0 aliphatic heterocycles. The van der Waals surface area contributed by atoms with E-state index < -0.39 is 0 Å². The van der Waals surface area contributed by atoms with Crippen LogP contribution in [0.1, 0.15) is 11.3 Å². The summed E-state index contributed by atoms with van der Waals surface area (Å²) in [5.74, 6) is 0.0891. The minimum Gasteiger partial charge on any atom is -0.297 e. The molecule has 0 atom stereocenters. The van der Waals surface area contributed by atoms with Gasteiger partial charge < -0.3 is 0 Å². The van der Waals surface area contributed by atoms with Gasteiger partial charge in [-0.3, -0.25) is 4.57 Å². The first-order valence-corrected chi connectivity index (χ1v) is 9.33. The second kappa shape index (κ2) is 8.03. The molecule has 0 N–H and O–H groups in total. The Labute approximate surface area is 165 Å². The van der Waals surface area contributed by atoms with Crippen molar-refractivity contribution < 1.29 is 4.39 Å². The fourth-order valence-corrected chi connectivity index (χ4v) is 3.56. The van der Waals surface area contributed by atoms with E-state index in [-0.39, 0.29) is 5.82 Å². The summed E-state index contributed by atoms with van der Waals surface area (Å²) in [6, 6.07) is 23.6. The van der Waals surface area contributed by atoms with E-state index in [9.17, 15) is 4.39 Å². The number of halogens is 1. The van der Waals surface area contributed by atoms with Gasteiger partial charge in [0.25, 0.3) is 0 Å². The van der Waals surface area contributed by atoms with Gasteiger partial charge in [0.1, 0.15) is 22.6 Å². The highest BCUT2D eigenvalue weighted by atomic mass is 32.2. The van der Waals surface area contributed by atoms with Crippen LogP contribution in [0.15, 0.2) is 83.0 Å². The molecule has 7 heteroatoms. The molecule has 0 saturated carbocycles. The Hall–Kier alpha value is -3.50. The number of aromatic nitrogens is 4. The third-order valence-electron chi connectivity index (χ3n) is 4.05. The zero-order chi connectivity index (χ0) is 19.3. The molecule has 0 fully saturated rings. The number of benzene rings is 2. The molecule has 2 heterocycles. The predicted molar refractivity (Wildman–Crippen MR) is 104 cm³/mol. The van der Waals surface area contributed by atoms with Gasteiger partial charge >= 0.3 is 0 Å². The summed E-state index contributed by atoms with van der Waals surface area (Å²) in [4.78, 5) is 4.28. The second-order valence-corrected chi connectivity index (χ2v) is 6.92. The average molecular weight is 387 g/mol. The van der Waals surface area contributed by atoms with Crippen molar-refractivity contribution in [3.8, 4) is 17.5 Å². The van der Waals surface area contributed by atoms with Gasteiger partial charge in [-0.05, 0) is 41.6 Å². The molecule has 5 nitrogen and oxygen atoms in total. The van der Waals surface area contributed by atoms with Crippen LogP contribution in [-0.2, 0) is 6.54 Å². The maximum absolute atomic E-state index is 14.4. The van der Waals surface area contributed by atoms with Crippen LogP contribution in [0.5, 0.6) is 0 Å². The number of nitrogens with zero attached hydrogens (tertiary/aromatic N) is 5. The second-order valence-electron chi connectivity index (χ2n) is 5.93. The zero-order valence-electron chi connectivity index (χ0n) is 14.7. The van der Waals surface area contributed by atoms with Crippen molar-refractivity contribution in [3.05, 3.63) is 89.9 Å². The lowest BCUT2D eigenvalue weighted by atomic mass is 10.2. The van der Waals surface area contributed by atoms with Gasteiger partial charge in [0.05, 0.1) is 12.1 Å². The lowest BCUT2D eigenvalue weighted by molar-refractivity contribution is 0.626. The Morgan fingerprint density at radius 3 is 2.50 bits per heavy atom. The van der Waals surface area contributed by atoms with Crippen LogP contribution in [0.3, 0.4) is 0 Å². The van der Waals surface area contributed by atoms with Crippen LogP contribution in [0.4, 0.5) is 4.39 Å². The van der Waals surface area contributed by atoms with Crippen LogP contribution in [0, 0.1) is 17.1 Å². The van der Waals surface area contributed by atoms with E-state index in [1.165, 1.54) is 17.8 Å². The van der Waals surface area contributed by atoms with Crippen LogP contribution in [-0.4, -0.2) is 19.7 Å². The van der Waals surface area contributed by atoms with Gasteiger partial charge in [0, 0.05) is 0 Å². The van der Waals surface area contributed by atoms with Crippen molar-refractivity contribution in [2.24, 2.45) is 0 Å². The Bertz CT molecular complexity index is 1150. The third-order valence-corrected chi connectivity index (χ3v) is 4.97. The molecule has 28 heavy (non-hydrogen) atoms. The third kappa shape index (κ3) is 3.77. The molecular formula is C21H14FN5S. The molecule has 0 amide bonds. The lowest BCUT2D eigenvalue weighted by Crippen LogP contribution is -2.05. The van der Waals surface area contributed by atoms with E-state index in [1.54, 1.807) is 36.4 Å². The van der Waals surface area contributed by atoms with Crippen molar-refractivity contribution in [2.45, 2.75) is 16.7 Å². The fourth-order valence-electron chi connectivity index (χ4n) is 2.74. The van der Waals surface area contributed by atoms with E-state index in [1.807, 2.05) is 41.0 Å². The van der Waals surface area contributed by atoms with E-state index in [4.69, 9.17) is 5.26 Å². The molecule has 4 aromatic rings. The molecule has 0 unspecified atom stereocenters. The van der Waals surface area contributed by atoms with Gasteiger partial charge in [0.15, 0.2) is 11.0 Å². The summed E-state index contributed by atoms with van der Waals surface area (Å²) >= 11 is 1.29. The molecule has 0 spiro atoms. The average Bonchev–Trinajstić information content (AvgIpc) is 3.11. The number of pyridine rings is 1. The van der Waals surface area contributed by atoms with Gasteiger partial charge in [-0.25, -0.2) is 9.37 Å². The van der Waals surface area contributed by atoms with Gasteiger partial charge in [0.2, 0.25) is 0 Å². The highest BCUT2D eigenvalue weighted by Gasteiger charge is 2.18. The molecule has 0 saturated heterocycles. The van der Waals surface area contributed by atoms with Crippen LogP contribution in [0.25, 0.3) is 11.4 Å². The number of rotatable bonds is 5. The predicted octanol–water partition coefficient (Wildman–Crippen LogP) is 4.55. The van der Waals surface area contributed by atoms with Crippen molar-refractivity contribution in [3.63, 3.8) is 0 Å². The first kappa shape index (κ1) is 17.9. The maximum atomic E-state index is 14.4. The highest BCUT2D eigenvalue weighted by molar-refractivity contribution is 7.99. The molecule has 0 aliphatic rings. The smallest absolute Gasteiger partial charge is 0.198 e. The summed E-state index contributed by atoms with van der Waals surface area (Å²) in [7, 11) is 0. The lowest BCUT2D eigenvalue weighted by Gasteiger charge is -2.11. The van der Waals surface area contributed by atoms with Gasteiger partial charge in [-0.15, -0.1) is 10.2 Å². The van der Waals surface area contributed by atoms with Crippen molar-refractivity contribution in [2.75, 3.05) is 0 Å². The summed E-state index contributed by atoms with van der Waals surface area (Å²) in [6.07, 6.45) is 0. The van der Waals surface area contributed by atoms with E-state index in [0.29, 0.717) is 33.8 Å². The van der Waals surface area contributed by atoms with Gasteiger partial charge in [-0.2, -0.15) is 5.26 Å². The normalized spacial score (nSPS) is 10.6. The summed E-state index contributed by atoms with van der Waals surface area (Å²) < 4.78 is 16.3. The minimum atomic E-state index is -0.356. The SMILES string of the molecule is N#Cc1cccc(Sc2nnc(-c3ccccc3F)n2Cc2ccccc2)n1. The van der Waals surface area contributed by atoms with Crippen molar-refractivity contribution in [1.82, 2.24) is 19.7 Å². The largest absolute Gasteiger partial charge is 0.297 e. The zero-order valence-corrected chi connectivity index (χ0v) is 15.5. The Morgan fingerprint density at radius 1 is 0.929 bits per heavy atom. The number of hydrogen-bond donors (Lipinski definition) is 0. The van der Waals surface area contributed by atoms with E-state index in [2.05, 4.69) is 15.2 Å². The molecule has 2 aromatic carbocycles. The molecule has 0 radical (unpaired) electrons. The first-order valence-electron chi connectivity index (χ1n) is 8.51. The molecule has 136 valence electrons. The first-order chi connectivity index (χ1) is 13.7. The molecule has 2 aromatic heterocycles. The minimum absolute atomic E-state index is 0.327. The Morgan fingerprint density at radius 2 is 1.71 bits per heavy atom. The standard InChI is InChI=1S/C21H14FN5S/c22-18-11-5-4-10-17(18)20-25-26-21(27(20)14-15-7-2-1-3-8-15)28-19-12-6-9-16(13-23)24-19/h1-12H,14H2. The number of hydrogen-bond acceptors (Lipinski definition) is 5. The van der Waals surface area contributed by atoms with Crippen LogP contribution >= 0.6 is 11.8 Å². The fraction of sp³-hybridized carbons (Fsp3) is 0.0476. The summed E-state index contributed by atoms with van der Waals surface area (Å²) in [5.41, 5.74) is 1.76. The molecular weight excluding hydrogens is 373 g/mol. The monoisotopic (exact) mass is 387 g/mol. The van der Waals surface area contributed by atoms with E-state index >= 15 is 0 Å². The maximum Gasteiger partial charge on any atom is 0.198 e. The molecule has 0 aliphatic carbocycles. The molecule has 4 rings (SSSR count). The Kier molecular flexibility index (Phi) is 5.13. The van der Waals surface area contributed by atoms with Gasteiger partial charge in [-0.1, -0.05) is 48.5 Å². The topological polar surface area (TPSA) is 67.4 Å². The van der Waals surface area contributed by atoms with Crippen LogP contribution in [0.2, 0.25) is 0 Å². The van der Waals surface area contributed by atoms with Crippen molar-refractivity contribution >= 4 is 11.8 Å².